The average Bonchev–Trinajstić information content (AvgIpc) is 2.68. The lowest BCUT2D eigenvalue weighted by Crippen LogP contribution is -2.13. The van der Waals surface area contributed by atoms with Crippen LogP contribution >= 0.6 is 0 Å². The molecule has 0 aliphatic carbocycles. The summed E-state index contributed by atoms with van der Waals surface area (Å²) in [5.41, 5.74) is 3.91. The summed E-state index contributed by atoms with van der Waals surface area (Å²) in [7, 11) is 0. The summed E-state index contributed by atoms with van der Waals surface area (Å²) in [5, 5.41) is 12.4. The second kappa shape index (κ2) is 8.62. The van der Waals surface area contributed by atoms with Gasteiger partial charge in [0.05, 0.1) is 11.6 Å². The molecule has 0 atom stereocenters. The zero-order chi connectivity index (χ0) is 17.3. The van der Waals surface area contributed by atoms with Crippen LogP contribution in [0.2, 0.25) is 0 Å². The van der Waals surface area contributed by atoms with E-state index in [0.29, 0.717) is 25.3 Å². The van der Waals surface area contributed by atoms with Gasteiger partial charge < -0.3 is 10.1 Å². The lowest BCUT2D eigenvalue weighted by Gasteiger charge is -2.12. The molecule has 2 aromatic carbocycles. The molecule has 4 heteroatoms. The SMILES string of the molecule is N#Cc1cccc(CNCc2ccccc2OCc2cccnc2)c1. The van der Waals surface area contributed by atoms with Crippen LogP contribution in [0.5, 0.6) is 5.75 Å². The van der Waals surface area contributed by atoms with E-state index in [9.17, 15) is 0 Å². The van der Waals surface area contributed by atoms with Gasteiger partial charge in [-0.1, -0.05) is 36.4 Å². The fraction of sp³-hybridized carbons (Fsp3) is 0.143. The summed E-state index contributed by atoms with van der Waals surface area (Å²) in [4.78, 5) is 4.10. The van der Waals surface area contributed by atoms with Crippen molar-refractivity contribution < 1.29 is 4.74 Å². The second-order valence-electron chi connectivity index (χ2n) is 5.67. The maximum Gasteiger partial charge on any atom is 0.124 e. The average molecular weight is 329 g/mol. The van der Waals surface area contributed by atoms with Gasteiger partial charge >= 0.3 is 0 Å². The molecule has 0 fully saturated rings. The number of benzene rings is 2. The second-order valence-corrected chi connectivity index (χ2v) is 5.67. The normalized spacial score (nSPS) is 10.2. The highest BCUT2D eigenvalue weighted by Gasteiger charge is 2.04. The summed E-state index contributed by atoms with van der Waals surface area (Å²) < 4.78 is 5.94. The summed E-state index contributed by atoms with van der Waals surface area (Å²) in [6, 6.07) is 21.7. The van der Waals surface area contributed by atoms with E-state index in [2.05, 4.69) is 22.4 Å². The molecule has 0 unspecified atom stereocenters. The van der Waals surface area contributed by atoms with Crippen LogP contribution in [0.1, 0.15) is 22.3 Å². The maximum absolute atomic E-state index is 8.96. The molecule has 0 saturated heterocycles. The third kappa shape index (κ3) is 4.90. The first kappa shape index (κ1) is 16.7. The van der Waals surface area contributed by atoms with E-state index < -0.39 is 0 Å². The fourth-order valence-corrected chi connectivity index (χ4v) is 2.53. The van der Waals surface area contributed by atoms with E-state index >= 15 is 0 Å². The number of hydrogen-bond donors (Lipinski definition) is 1. The van der Waals surface area contributed by atoms with Crippen molar-refractivity contribution in [3.63, 3.8) is 0 Å². The third-order valence-corrected chi connectivity index (χ3v) is 3.79. The summed E-state index contributed by atoms with van der Waals surface area (Å²) in [5.74, 6) is 0.865. The highest BCUT2D eigenvalue weighted by molar-refractivity contribution is 5.34. The van der Waals surface area contributed by atoms with Crippen LogP contribution in [0.4, 0.5) is 0 Å². The predicted octanol–water partition coefficient (Wildman–Crippen LogP) is 3.82. The van der Waals surface area contributed by atoms with Crippen LogP contribution in [-0.2, 0) is 19.7 Å². The van der Waals surface area contributed by atoms with Gasteiger partial charge in [0, 0.05) is 36.6 Å². The Morgan fingerprint density at radius 3 is 2.68 bits per heavy atom. The van der Waals surface area contributed by atoms with Crippen molar-refractivity contribution in [2.24, 2.45) is 0 Å². The molecular weight excluding hydrogens is 310 g/mol. The molecule has 0 aliphatic rings. The number of nitriles is 1. The lowest BCUT2D eigenvalue weighted by molar-refractivity contribution is 0.301. The van der Waals surface area contributed by atoms with Crippen molar-refractivity contribution in [1.29, 1.82) is 5.26 Å². The van der Waals surface area contributed by atoms with Crippen LogP contribution in [0, 0.1) is 11.3 Å². The Morgan fingerprint density at radius 1 is 0.960 bits per heavy atom. The molecule has 3 aromatic rings. The molecule has 0 aliphatic heterocycles. The van der Waals surface area contributed by atoms with Gasteiger partial charge in [-0.2, -0.15) is 5.26 Å². The molecule has 25 heavy (non-hydrogen) atoms. The van der Waals surface area contributed by atoms with E-state index in [1.165, 1.54) is 0 Å². The number of nitrogens with zero attached hydrogens (tertiary/aromatic N) is 2. The number of hydrogen-bond acceptors (Lipinski definition) is 4. The topological polar surface area (TPSA) is 57.9 Å². The molecule has 0 saturated carbocycles. The minimum Gasteiger partial charge on any atom is -0.489 e. The van der Waals surface area contributed by atoms with Gasteiger partial charge in [-0.05, 0) is 29.8 Å². The van der Waals surface area contributed by atoms with Crippen LogP contribution in [0.3, 0.4) is 0 Å². The molecule has 1 heterocycles. The Morgan fingerprint density at radius 2 is 1.84 bits per heavy atom. The van der Waals surface area contributed by atoms with Gasteiger partial charge in [-0.25, -0.2) is 0 Å². The Labute approximate surface area is 147 Å². The highest BCUT2D eigenvalue weighted by atomic mass is 16.5. The standard InChI is InChI=1S/C21H19N3O/c22-12-17-5-3-6-18(11-17)13-24-15-20-8-1-2-9-21(20)25-16-19-7-4-10-23-14-19/h1-11,14,24H,13,15-16H2. The Hall–Kier alpha value is -3.16. The number of para-hydroxylation sites is 1. The first-order valence-electron chi connectivity index (χ1n) is 8.14. The zero-order valence-electron chi connectivity index (χ0n) is 13.9. The highest BCUT2D eigenvalue weighted by Crippen LogP contribution is 2.19. The van der Waals surface area contributed by atoms with Crippen molar-refractivity contribution >= 4 is 0 Å². The Bertz CT molecular complexity index is 856. The van der Waals surface area contributed by atoms with Crippen molar-refractivity contribution in [3.05, 3.63) is 95.3 Å². The molecule has 0 bridgehead atoms. The van der Waals surface area contributed by atoms with Gasteiger partial charge in [0.15, 0.2) is 0 Å². The smallest absolute Gasteiger partial charge is 0.124 e. The fourth-order valence-electron chi connectivity index (χ4n) is 2.53. The zero-order valence-corrected chi connectivity index (χ0v) is 13.9. The predicted molar refractivity (Wildman–Crippen MR) is 96.7 cm³/mol. The first-order chi connectivity index (χ1) is 12.3. The van der Waals surface area contributed by atoms with E-state index in [-0.39, 0.29) is 0 Å². The lowest BCUT2D eigenvalue weighted by atomic mass is 10.1. The number of pyridine rings is 1. The number of rotatable bonds is 7. The monoisotopic (exact) mass is 329 g/mol. The molecule has 0 radical (unpaired) electrons. The van der Waals surface area contributed by atoms with Crippen LogP contribution in [0.15, 0.2) is 73.1 Å². The van der Waals surface area contributed by atoms with Crippen molar-refractivity contribution in [2.75, 3.05) is 0 Å². The molecular formula is C21H19N3O. The van der Waals surface area contributed by atoms with Gasteiger partial charge in [-0.15, -0.1) is 0 Å². The largest absolute Gasteiger partial charge is 0.489 e. The van der Waals surface area contributed by atoms with Crippen LogP contribution in [0.25, 0.3) is 0 Å². The number of ether oxygens (including phenoxy) is 1. The number of aromatic nitrogens is 1. The molecule has 3 rings (SSSR count). The molecule has 1 N–H and O–H groups in total. The van der Waals surface area contributed by atoms with E-state index in [1.54, 1.807) is 6.20 Å². The molecule has 4 nitrogen and oxygen atoms in total. The van der Waals surface area contributed by atoms with Gasteiger partial charge in [0.1, 0.15) is 12.4 Å². The summed E-state index contributed by atoms with van der Waals surface area (Å²) >= 11 is 0. The maximum atomic E-state index is 8.96. The molecule has 1 aromatic heterocycles. The summed E-state index contributed by atoms with van der Waals surface area (Å²) in [6.45, 7) is 1.89. The van der Waals surface area contributed by atoms with E-state index in [1.807, 2.05) is 60.8 Å². The van der Waals surface area contributed by atoms with Gasteiger partial charge in [0.25, 0.3) is 0 Å². The Kier molecular flexibility index (Phi) is 5.76. The quantitative estimate of drug-likeness (QED) is 0.716. The van der Waals surface area contributed by atoms with Crippen molar-refractivity contribution in [2.45, 2.75) is 19.7 Å². The first-order valence-corrected chi connectivity index (χ1v) is 8.14. The minimum absolute atomic E-state index is 0.495. The van der Waals surface area contributed by atoms with Crippen LogP contribution in [-0.4, -0.2) is 4.98 Å². The minimum atomic E-state index is 0.495. The Balaban J connectivity index is 1.58. The van der Waals surface area contributed by atoms with Crippen molar-refractivity contribution in [1.82, 2.24) is 10.3 Å². The molecule has 0 spiro atoms. The van der Waals surface area contributed by atoms with Crippen molar-refractivity contribution in [3.8, 4) is 11.8 Å². The van der Waals surface area contributed by atoms with E-state index in [0.717, 1.165) is 22.4 Å². The van der Waals surface area contributed by atoms with Gasteiger partial charge in [0.2, 0.25) is 0 Å². The molecule has 0 amide bonds. The van der Waals surface area contributed by atoms with E-state index in [4.69, 9.17) is 10.00 Å². The van der Waals surface area contributed by atoms with Crippen LogP contribution < -0.4 is 10.1 Å². The molecule has 124 valence electrons. The third-order valence-electron chi connectivity index (χ3n) is 3.79. The van der Waals surface area contributed by atoms with Gasteiger partial charge in [-0.3, -0.25) is 4.98 Å². The number of nitrogens with one attached hydrogen (secondary N) is 1. The summed E-state index contributed by atoms with van der Waals surface area (Å²) in [6.07, 6.45) is 3.56.